The molecule has 0 aromatic heterocycles. The molecule has 0 saturated carbocycles. The molecule has 0 radical (unpaired) electrons. The summed E-state index contributed by atoms with van der Waals surface area (Å²) in [5, 5.41) is 2.92. The Balaban J connectivity index is 1.58. The molecule has 1 N–H and O–H groups in total. The fourth-order valence-electron chi connectivity index (χ4n) is 3.35. The molecule has 2 aromatic rings. The van der Waals surface area contributed by atoms with E-state index in [4.69, 9.17) is 4.74 Å². The first kappa shape index (κ1) is 20.6. The van der Waals surface area contributed by atoms with E-state index in [1.807, 2.05) is 52.0 Å². The number of fused-ring (bicyclic) bond motifs is 1. The summed E-state index contributed by atoms with van der Waals surface area (Å²) in [4.78, 5) is 38.5. The molecule has 1 aliphatic rings. The van der Waals surface area contributed by atoms with E-state index >= 15 is 0 Å². The van der Waals surface area contributed by atoms with Crippen LogP contribution in [0.15, 0.2) is 42.5 Å². The Morgan fingerprint density at radius 3 is 2.48 bits per heavy atom. The van der Waals surface area contributed by atoms with E-state index in [-0.39, 0.29) is 42.8 Å². The molecule has 29 heavy (non-hydrogen) atoms. The molecule has 0 bridgehead atoms. The zero-order valence-corrected chi connectivity index (χ0v) is 17.2. The van der Waals surface area contributed by atoms with Crippen molar-refractivity contribution in [3.8, 4) is 5.75 Å². The summed E-state index contributed by atoms with van der Waals surface area (Å²) < 4.78 is 5.69. The first-order chi connectivity index (χ1) is 13.8. The van der Waals surface area contributed by atoms with Gasteiger partial charge in [-0.3, -0.25) is 19.3 Å². The molecule has 6 nitrogen and oxygen atoms in total. The Morgan fingerprint density at radius 1 is 1.03 bits per heavy atom. The van der Waals surface area contributed by atoms with Crippen LogP contribution in [-0.2, 0) is 4.79 Å². The number of nitrogens with zero attached hydrogens (tertiary/aromatic N) is 1. The van der Waals surface area contributed by atoms with Gasteiger partial charge in [0, 0.05) is 13.0 Å². The maximum Gasteiger partial charge on any atom is 0.261 e. The van der Waals surface area contributed by atoms with Crippen LogP contribution in [0.25, 0.3) is 0 Å². The monoisotopic (exact) mass is 394 g/mol. The van der Waals surface area contributed by atoms with Gasteiger partial charge >= 0.3 is 0 Å². The van der Waals surface area contributed by atoms with Crippen molar-refractivity contribution in [3.05, 3.63) is 64.7 Å². The van der Waals surface area contributed by atoms with E-state index in [9.17, 15) is 14.4 Å². The second-order valence-corrected chi connectivity index (χ2v) is 7.59. The topological polar surface area (TPSA) is 75.7 Å². The van der Waals surface area contributed by atoms with Gasteiger partial charge in [0.25, 0.3) is 11.8 Å². The van der Waals surface area contributed by atoms with E-state index in [1.54, 1.807) is 18.2 Å². The van der Waals surface area contributed by atoms with Gasteiger partial charge in [0.2, 0.25) is 5.91 Å². The Kier molecular flexibility index (Phi) is 6.01. The number of amides is 3. The number of hydrogen-bond acceptors (Lipinski definition) is 4. The molecule has 1 atom stereocenters. The minimum Gasteiger partial charge on any atom is -0.491 e. The summed E-state index contributed by atoms with van der Waals surface area (Å²) in [6.45, 7) is 7.73. The number of imide groups is 1. The molecular formula is C23H26N2O4. The predicted molar refractivity (Wildman–Crippen MR) is 110 cm³/mol. The number of hydrogen-bond donors (Lipinski definition) is 1. The van der Waals surface area contributed by atoms with Crippen LogP contribution in [0.5, 0.6) is 5.75 Å². The molecule has 0 spiro atoms. The highest BCUT2D eigenvalue weighted by molar-refractivity contribution is 6.21. The molecule has 152 valence electrons. The molecular weight excluding hydrogens is 368 g/mol. The second kappa shape index (κ2) is 8.47. The number of aryl methyl sites for hydroxylation is 1. The van der Waals surface area contributed by atoms with Crippen molar-refractivity contribution < 1.29 is 19.1 Å². The number of benzene rings is 2. The van der Waals surface area contributed by atoms with Crippen molar-refractivity contribution in [2.24, 2.45) is 0 Å². The maximum absolute atomic E-state index is 12.5. The van der Waals surface area contributed by atoms with Crippen molar-refractivity contribution in [3.63, 3.8) is 0 Å². The van der Waals surface area contributed by atoms with Gasteiger partial charge in [-0.2, -0.15) is 0 Å². The molecule has 0 aliphatic carbocycles. The Morgan fingerprint density at radius 2 is 1.76 bits per heavy atom. The highest BCUT2D eigenvalue weighted by Crippen LogP contribution is 2.24. The predicted octanol–water partition coefficient (Wildman–Crippen LogP) is 3.65. The molecule has 3 amide bonds. The van der Waals surface area contributed by atoms with Crippen LogP contribution in [0.2, 0.25) is 0 Å². The molecule has 3 rings (SSSR count). The number of carbonyl (C=O) groups excluding carboxylic acids is 3. The van der Waals surface area contributed by atoms with Gasteiger partial charge in [0.1, 0.15) is 5.75 Å². The van der Waals surface area contributed by atoms with E-state index < -0.39 is 0 Å². The summed E-state index contributed by atoms with van der Waals surface area (Å²) in [5.41, 5.74) is 2.65. The Hall–Kier alpha value is -3.15. The minimum absolute atomic E-state index is 0.0526. The normalized spacial score (nSPS) is 14.2. The Bertz CT molecular complexity index is 952. The van der Waals surface area contributed by atoms with Gasteiger partial charge in [-0.1, -0.05) is 23.8 Å². The average Bonchev–Trinajstić information content (AvgIpc) is 2.89. The third-order valence-corrected chi connectivity index (χ3v) is 4.80. The molecule has 6 heteroatoms. The molecule has 1 aliphatic heterocycles. The summed E-state index contributed by atoms with van der Waals surface area (Å²) in [5.74, 6) is -0.155. The standard InChI is InChI=1S/C23H26N2O4/c1-14(2)29-18-7-5-6-17(13-18)16(4)24-21(26)10-11-25-22(27)19-9-8-15(3)12-20(19)23(25)28/h5-9,12-14,16H,10-11H2,1-4H3,(H,24,26)/t16-/m1/s1. The highest BCUT2D eigenvalue weighted by Gasteiger charge is 2.35. The summed E-state index contributed by atoms with van der Waals surface area (Å²) in [7, 11) is 0. The van der Waals surface area contributed by atoms with E-state index in [0.29, 0.717) is 11.1 Å². The first-order valence-corrected chi connectivity index (χ1v) is 9.79. The summed E-state index contributed by atoms with van der Waals surface area (Å²) in [6, 6.07) is 12.5. The van der Waals surface area contributed by atoms with E-state index in [1.165, 1.54) is 0 Å². The van der Waals surface area contributed by atoms with E-state index in [0.717, 1.165) is 21.8 Å². The number of ether oxygens (including phenoxy) is 1. The Labute approximate surface area is 170 Å². The van der Waals surface area contributed by atoms with Crippen molar-refractivity contribution >= 4 is 17.7 Å². The molecule has 0 unspecified atom stereocenters. The lowest BCUT2D eigenvalue weighted by atomic mass is 10.1. The average molecular weight is 394 g/mol. The van der Waals surface area contributed by atoms with Crippen LogP contribution in [0.4, 0.5) is 0 Å². The second-order valence-electron chi connectivity index (χ2n) is 7.59. The smallest absolute Gasteiger partial charge is 0.261 e. The fraction of sp³-hybridized carbons (Fsp3) is 0.348. The summed E-state index contributed by atoms with van der Waals surface area (Å²) in [6.07, 6.45) is 0.121. The van der Waals surface area contributed by atoms with Gasteiger partial charge in [-0.15, -0.1) is 0 Å². The fourth-order valence-corrected chi connectivity index (χ4v) is 3.35. The first-order valence-electron chi connectivity index (χ1n) is 9.79. The number of rotatable bonds is 7. The van der Waals surface area contributed by atoms with Crippen LogP contribution < -0.4 is 10.1 Å². The lowest BCUT2D eigenvalue weighted by Crippen LogP contribution is -2.35. The number of nitrogens with one attached hydrogen (secondary N) is 1. The van der Waals surface area contributed by atoms with Crippen LogP contribution in [-0.4, -0.2) is 35.3 Å². The van der Waals surface area contributed by atoms with Crippen LogP contribution in [0.3, 0.4) is 0 Å². The van der Waals surface area contributed by atoms with Crippen LogP contribution in [0.1, 0.15) is 65.1 Å². The molecule has 2 aromatic carbocycles. The molecule has 1 heterocycles. The molecule has 0 fully saturated rings. The lowest BCUT2D eigenvalue weighted by Gasteiger charge is -2.18. The minimum atomic E-state index is -0.343. The third-order valence-electron chi connectivity index (χ3n) is 4.80. The van der Waals surface area contributed by atoms with Gasteiger partial charge in [-0.05, 0) is 57.5 Å². The highest BCUT2D eigenvalue weighted by atomic mass is 16.5. The third kappa shape index (κ3) is 4.65. The quantitative estimate of drug-likeness (QED) is 0.728. The van der Waals surface area contributed by atoms with E-state index in [2.05, 4.69) is 5.32 Å². The van der Waals surface area contributed by atoms with Crippen molar-refractivity contribution in [2.75, 3.05) is 6.54 Å². The zero-order chi connectivity index (χ0) is 21.1. The van der Waals surface area contributed by atoms with Gasteiger partial charge in [0.15, 0.2) is 0 Å². The van der Waals surface area contributed by atoms with Gasteiger partial charge in [0.05, 0.1) is 23.3 Å². The van der Waals surface area contributed by atoms with Crippen LogP contribution in [0, 0.1) is 6.92 Å². The maximum atomic E-state index is 12.5. The van der Waals surface area contributed by atoms with Gasteiger partial charge in [-0.25, -0.2) is 0 Å². The molecule has 0 saturated heterocycles. The largest absolute Gasteiger partial charge is 0.491 e. The summed E-state index contributed by atoms with van der Waals surface area (Å²) >= 11 is 0. The SMILES string of the molecule is Cc1ccc2c(c1)C(=O)N(CCC(=O)N[C@H](C)c1cccc(OC(C)C)c1)C2=O. The zero-order valence-electron chi connectivity index (χ0n) is 17.2. The van der Waals surface area contributed by atoms with Crippen molar-refractivity contribution in [1.29, 1.82) is 0 Å². The van der Waals surface area contributed by atoms with Gasteiger partial charge < -0.3 is 10.1 Å². The number of carbonyl (C=O) groups is 3. The lowest BCUT2D eigenvalue weighted by molar-refractivity contribution is -0.121. The van der Waals surface area contributed by atoms with Crippen molar-refractivity contribution in [2.45, 2.75) is 46.3 Å². The van der Waals surface area contributed by atoms with Crippen molar-refractivity contribution in [1.82, 2.24) is 10.2 Å². The van der Waals surface area contributed by atoms with Crippen LogP contribution >= 0.6 is 0 Å².